The van der Waals surface area contributed by atoms with Crippen molar-refractivity contribution in [1.82, 2.24) is 0 Å². The molecule has 0 saturated carbocycles. The molecule has 0 bridgehead atoms. The summed E-state index contributed by atoms with van der Waals surface area (Å²) in [4.78, 5) is 37.8. The van der Waals surface area contributed by atoms with E-state index >= 15 is 0 Å². The first-order valence-corrected chi connectivity index (χ1v) is 57.2. The minimum absolute atomic E-state index is 0.0496. The normalized spacial score (nSPS) is 21.4. The molecule has 0 fully saturated rings. The predicted octanol–water partition coefficient (Wildman–Crippen LogP) is 30.4. The Bertz CT molecular complexity index is 3340. The number of aliphatic hydroxyl groups excluding tert-OH is 3. The molecule has 118 heavy (non-hydrogen) atoms. The zero-order valence-corrected chi connectivity index (χ0v) is 87.3. The fraction of sp³-hybridized carbons (Fsp3) is 0.648. The number of carbonyl (C=O) groups excluding carboxylic acids is 3. The minimum atomic E-state index is -2.35. The van der Waals surface area contributed by atoms with E-state index in [0.29, 0.717) is 66.6 Å². The molecule has 13 heteroatoms. The number of cyclic esters (lactones) is 1. The molecule has 0 unspecified atom stereocenters. The quantitative estimate of drug-likeness (QED) is 0.0102. The summed E-state index contributed by atoms with van der Waals surface area (Å²) in [5.74, 6) is 1.15. The van der Waals surface area contributed by atoms with E-state index in [-0.39, 0.29) is 77.0 Å². The Morgan fingerprint density at radius 3 is 1.55 bits per heavy atom. The monoisotopic (exact) mass is 1880 g/mol. The third-order valence-electron chi connectivity index (χ3n) is 24.1. The first kappa shape index (κ1) is 118. The van der Waals surface area contributed by atoms with Gasteiger partial charge in [0.15, 0.2) is 8.32 Å². The van der Waals surface area contributed by atoms with Crippen molar-refractivity contribution in [3.05, 3.63) is 199 Å². The van der Waals surface area contributed by atoms with Crippen molar-refractivity contribution in [2.24, 2.45) is 47.3 Å². The fourth-order valence-electron chi connectivity index (χ4n) is 13.8. The second kappa shape index (κ2) is 65.2. The first-order valence-electron chi connectivity index (χ1n) is 45.6. The molecule has 0 spiro atoms. The van der Waals surface area contributed by atoms with E-state index in [1.165, 1.54) is 68.6 Å². The van der Waals surface area contributed by atoms with Gasteiger partial charge in [0.05, 0.1) is 24.4 Å². The number of halogens is 1. The summed E-state index contributed by atoms with van der Waals surface area (Å²) in [6.07, 6.45) is 49.7. The van der Waals surface area contributed by atoms with Gasteiger partial charge in [0.25, 0.3) is 0 Å². The summed E-state index contributed by atoms with van der Waals surface area (Å²) in [7, 11) is -1.85. The van der Waals surface area contributed by atoms with Crippen LogP contribution in [-0.4, -0.2) is 103 Å². The smallest absolute Gasteiger partial charge is 0.334 e. The molecule has 674 valence electrons. The van der Waals surface area contributed by atoms with Gasteiger partial charge in [-0.2, -0.15) is 0 Å². The molecular formula is C105H179IO10SiSn. The van der Waals surface area contributed by atoms with Crippen LogP contribution < -0.4 is 0 Å². The average molecular weight is 1880 g/mol. The Labute approximate surface area is 746 Å². The van der Waals surface area contributed by atoms with E-state index in [1.807, 2.05) is 89.9 Å². The molecule has 1 rings (SSSR count). The molecule has 3 N–H and O–H groups in total. The molecule has 1 heterocycles. The molecule has 0 aromatic carbocycles. The van der Waals surface area contributed by atoms with Gasteiger partial charge in [-0.15, -0.1) is 13.2 Å². The van der Waals surface area contributed by atoms with Crippen LogP contribution in [0, 0.1) is 47.3 Å². The SMILES string of the molecule is C=C/C=C(\CC)C(=O)O[C@@H](C/C=C(C)/C=C(\C)[C@H](O)[C@H](/C=C(\C)[C@@H](C)CC=C)CC)C(C)C.C=C/C=C(\CC)C(=O)O[C@@H](C/C=[C](\C)[Sn]([CH2]CCC)([CH2]CCC)[CH2]CCC)C(C)C.C=CC[C@H](O[Si](C)(C)C(C)(C)C)/C(C)=C/[C@H](CC)[C@@H](O)/C(C)=C/I.CC/C1=C\C=C\C[C@H](C)/C(C)=C/[C@H](CC)[C@@H](O)/C(C)=C/C(C)=C/C[C@@H](C(C)C)OC1=O. The number of aliphatic hydroxyl groups is 3. The van der Waals surface area contributed by atoms with Crippen molar-refractivity contribution in [2.75, 3.05) is 0 Å². The molecular weight excluding hydrogens is 1690 g/mol. The van der Waals surface area contributed by atoms with E-state index in [9.17, 15) is 29.7 Å². The van der Waals surface area contributed by atoms with E-state index in [4.69, 9.17) is 18.6 Å². The Kier molecular flexibility index (Phi) is 65.1. The van der Waals surface area contributed by atoms with Crippen LogP contribution in [0.2, 0.25) is 31.4 Å². The Balaban J connectivity index is -0.00000150. The van der Waals surface area contributed by atoms with Crippen molar-refractivity contribution in [3.63, 3.8) is 0 Å². The Morgan fingerprint density at radius 2 is 1.14 bits per heavy atom. The van der Waals surface area contributed by atoms with Crippen LogP contribution in [0.25, 0.3) is 0 Å². The fourth-order valence-corrected chi connectivity index (χ4v) is 31.5. The summed E-state index contributed by atoms with van der Waals surface area (Å²) in [6.45, 7) is 81.5. The molecule has 0 amide bonds. The second-order valence-corrected chi connectivity index (χ2v) is 55.3. The van der Waals surface area contributed by atoms with Crippen molar-refractivity contribution in [1.29, 1.82) is 0 Å². The third-order valence-corrected chi connectivity index (χ3v) is 46.2. The van der Waals surface area contributed by atoms with Gasteiger partial charge in [-0.3, -0.25) is 0 Å². The molecule has 0 saturated heterocycles. The number of unbranched alkanes of at least 4 members (excludes halogenated alkanes) is 3. The maximum atomic E-state index is 12.7. The maximum Gasteiger partial charge on any atom is 0.334 e. The number of rotatable bonds is 44. The van der Waals surface area contributed by atoms with Crippen molar-refractivity contribution in [3.8, 4) is 0 Å². The summed E-state index contributed by atoms with van der Waals surface area (Å²) in [6, 6.07) is 0. The molecule has 0 aromatic heterocycles. The van der Waals surface area contributed by atoms with Gasteiger partial charge in [0.2, 0.25) is 0 Å². The standard InChI is InChI=1S/C30H48O3.C28H44O3.C20H37IO2Si.C15H23O2.3C4H9.Sn/c1-11-15-23(8)24(9)20-27(14-4)29(31)25(10)19-22(7)17-18-28(21(5)6)33-30(32)26(13-3)16-12-2;1-9-24-14-12-11-13-21(6)22(7)18-25(10-2)27(29)23(8)17-20(5)15-16-26(19(3)4)31-28(24)30;1-10-12-18(23-24(8,9)20(5,6)7)15(3)13-17(11-2)19(22)16(4)14-21;1-6-9-11-14(12(4)5)17-15(16)13(8-3)10-7-2;3*1-3-4-2;/h11-12,16-17,19-21,23,27-29,31H,1-2,13-15,18H2,3-10H3;11-12,14-15,17-19,21,25-27,29H,9-10,13,16H2,1-8H3;10,13-14,17-19,22H,1,11-12H2,2-9H3;7,9-10,12,14H,2,8,11H2,1,3-5H3;3*1,3-4H2,2H3;/b22-17+,24-20+,25-19+,26-16+;12-11+,20-15+,22-18+,23-17+,24-14+;15-13+,16-14+;9-6?,13-10+;;;;/t23-,27-,28-,29-;21-,25-,26-,27-;17-,18-,19-;14-;;;;/m0000..../s1. The van der Waals surface area contributed by atoms with Crippen LogP contribution >= 0.6 is 22.6 Å². The van der Waals surface area contributed by atoms with Gasteiger partial charge in [-0.1, -0.05) is 233 Å². The van der Waals surface area contributed by atoms with Crippen molar-refractivity contribution >= 4 is 67.2 Å². The van der Waals surface area contributed by atoms with E-state index in [1.54, 1.807) is 27.9 Å². The van der Waals surface area contributed by atoms with Gasteiger partial charge in [0.1, 0.15) is 12.2 Å². The van der Waals surface area contributed by atoms with Crippen molar-refractivity contribution in [2.45, 2.75) is 391 Å². The Hall–Kier alpha value is -4.42. The van der Waals surface area contributed by atoms with Gasteiger partial charge in [-0.25, -0.2) is 9.59 Å². The number of esters is 3. The van der Waals surface area contributed by atoms with Gasteiger partial charge >= 0.3 is 205 Å². The molecule has 1 aliphatic rings. The largest absolute Gasteiger partial charge is 0.458 e. The second-order valence-electron chi connectivity index (χ2n) is 36.0. The average Bonchev–Trinajstić information content (AvgIpc) is 0.823. The van der Waals surface area contributed by atoms with Gasteiger partial charge < -0.3 is 29.2 Å². The van der Waals surface area contributed by atoms with Crippen LogP contribution in [0.3, 0.4) is 0 Å². The molecule has 12 atom stereocenters. The number of carbonyl (C=O) groups is 3. The van der Waals surface area contributed by atoms with Crippen LogP contribution in [0.15, 0.2) is 199 Å². The summed E-state index contributed by atoms with van der Waals surface area (Å²) < 4.78 is 32.4. The van der Waals surface area contributed by atoms with Crippen LogP contribution in [0.4, 0.5) is 0 Å². The van der Waals surface area contributed by atoms with Gasteiger partial charge in [0, 0.05) is 41.7 Å². The van der Waals surface area contributed by atoms with E-state index in [2.05, 4.69) is 256 Å². The number of hydrogen-bond acceptors (Lipinski definition) is 10. The summed E-state index contributed by atoms with van der Waals surface area (Å²) in [5, 5.41) is 32.6. The third kappa shape index (κ3) is 46.9. The topological polar surface area (TPSA) is 149 Å². The maximum absolute atomic E-state index is 12.7. The number of allylic oxidation sites excluding steroid dienone is 15. The van der Waals surface area contributed by atoms with Crippen LogP contribution in [-0.2, 0) is 33.0 Å². The number of ether oxygens (including phenoxy) is 3. The molecule has 0 radical (unpaired) electrons. The van der Waals surface area contributed by atoms with E-state index < -0.39 is 45.0 Å². The molecule has 1 aliphatic heterocycles. The first-order chi connectivity index (χ1) is 55.3. The Morgan fingerprint density at radius 1 is 0.669 bits per heavy atom. The molecule has 0 aliphatic carbocycles. The van der Waals surface area contributed by atoms with E-state index in [0.717, 1.165) is 72.8 Å². The minimum Gasteiger partial charge on any atom is -0.458 e. The van der Waals surface area contributed by atoms with Crippen LogP contribution in [0.5, 0.6) is 0 Å². The zero-order chi connectivity index (χ0) is 91.2. The zero-order valence-electron chi connectivity index (χ0n) is 81.3. The molecule has 10 nitrogen and oxygen atoms in total. The van der Waals surface area contributed by atoms with Crippen LogP contribution in [0.1, 0.15) is 316 Å². The van der Waals surface area contributed by atoms with Crippen molar-refractivity contribution < 1.29 is 48.3 Å². The summed E-state index contributed by atoms with van der Waals surface area (Å²) in [5.41, 5.74) is 10.9. The molecule has 0 aromatic rings. The summed E-state index contributed by atoms with van der Waals surface area (Å²) >= 11 is -0.159. The number of hydrogen-bond donors (Lipinski definition) is 3. The predicted molar refractivity (Wildman–Crippen MR) is 529 cm³/mol. The van der Waals surface area contributed by atoms with Gasteiger partial charge in [-0.05, 0) is 175 Å².